The van der Waals surface area contributed by atoms with Crippen LogP contribution in [-0.4, -0.2) is 22.1 Å². The van der Waals surface area contributed by atoms with E-state index in [0.717, 1.165) is 35.2 Å². The molecule has 3 aromatic rings. The van der Waals surface area contributed by atoms with Gasteiger partial charge in [-0.15, -0.1) is 0 Å². The van der Waals surface area contributed by atoms with E-state index >= 15 is 0 Å². The summed E-state index contributed by atoms with van der Waals surface area (Å²) in [5, 5.41) is 9.75. The standard InChI is InChI=1S/C27H29N3O3/c1-4-6-12-25-24(27(32)30(19(3)29-25)18-26(31)33-5-2)16-20-13-14-23(22(15-20)17-28)21-10-8-7-9-11-21/h7-11,13-15H,4-6,12,16,18H2,1-3H3. The summed E-state index contributed by atoms with van der Waals surface area (Å²) in [4.78, 5) is 30.1. The molecule has 1 heterocycles. The number of aromatic nitrogens is 2. The molecule has 0 atom stereocenters. The third-order valence-electron chi connectivity index (χ3n) is 5.57. The smallest absolute Gasteiger partial charge is 0.326 e. The monoisotopic (exact) mass is 443 g/mol. The normalized spacial score (nSPS) is 10.6. The maximum absolute atomic E-state index is 13.4. The number of benzene rings is 2. The zero-order valence-electron chi connectivity index (χ0n) is 19.4. The fraction of sp³-hybridized carbons (Fsp3) is 0.333. The molecule has 0 spiro atoms. The Morgan fingerprint density at radius 3 is 2.58 bits per heavy atom. The Morgan fingerprint density at radius 1 is 1.15 bits per heavy atom. The lowest BCUT2D eigenvalue weighted by atomic mass is 9.95. The highest BCUT2D eigenvalue weighted by Gasteiger charge is 2.18. The lowest BCUT2D eigenvalue weighted by molar-refractivity contribution is -0.143. The number of carbonyl (C=O) groups excluding carboxylic acids is 1. The molecule has 0 unspecified atom stereocenters. The van der Waals surface area contributed by atoms with Gasteiger partial charge in [0.1, 0.15) is 12.4 Å². The quantitative estimate of drug-likeness (QED) is 0.452. The van der Waals surface area contributed by atoms with E-state index in [9.17, 15) is 14.9 Å². The molecule has 0 aliphatic carbocycles. The topological polar surface area (TPSA) is 85.0 Å². The van der Waals surface area contributed by atoms with Crippen LogP contribution in [0, 0.1) is 18.3 Å². The molecule has 0 saturated heterocycles. The molecule has 0 fully saturated rings. The van der Waals surface area contributed by atoms with E-state index in [1.54, 1.807) is 13.8 Å². The molecule has 0 aliphatic rings. The third-order valence-corrected chi connectivity index (χ3v) is 5.57. The lowest BCUT2D eigenvalue weighted by Crippen LogP contribution is -2.32. The van der Waals surface area contributed by atoms with Crippen molar-refractivity contribution in [2.24, 2.45) is 0 Å². The first kappa shape index (κ1) is 23.9. The first-order valence-electron chi connectivity index (χ1n) is 11.3. The number of ether oxygens (including phenoxy) is 1. The minimum atomic E-state index is -0.462. The van der Waals surface area contributed by atoms with Crippen LogP contribution in [0.25, 0.3) is 11.1 Å². The van der Waals surface area contributed by atoms with Gasteiger partial charge in [-0.2, -0.15) is 5.26 Å². The molecular formula is C27H29N3O3. The molecule has 3 rings (SSSR count). The minimum absolute atomic E-state index is 0.164. The van der Waals surface area contributed by atoms with Crippen LogP contribution in [0.3, 0.4) is 0 Å². The number of hydrogen-bond acceptors (Lipinski definition) is 5. The Kier molecular flexibility index (Phi) is 8.15. The maximum Gasteiger partial charge on any atom is 0.326 e. The van der Waals surface area contributed by atoms with E-state index in [2.05, 4.69) is 18.0 Å². The number of hydrogen-bond donors (Lipinski definition) is 0. The van der Waals surface area contributed by atoms with Crippen molar-refractivity contribution in [3.8, 4) is 17.2 Å². The van der Waals surface area contributed by atoms with Crippen LogP contribution < -0.4 is 5.56 Å². The van der Waals surface area contributed by atoms with Gasteiger partial charge in [0.25, 0.3) is 5.56 Å². The van der Waals surface area contributed by atoms with Crippen LogP contribution in [0.2, 0.25) is 0 Å². The summed E-state index contributed by atoms with van der Waals surface area (Å²) in [5.41, 5.74) is 4.33. The van der Waals surface area contributed by atoms with Gasteiger partial charge in [-0.25, -0.2) is 4.98 Å². The van der Waals surface area contributed by atoms with Crippen molar-refractivity contribution in [1.29, 1.82) is 5.26 Å². The van der Waals surface area contributed by atoms with Crippen molar-refractivity contribution >= 4 is 5.97 Å². The molecule has 33 heavy (non-hydrogen) atoms. The van der Waals surface area contributed by atoms with Crippen molar-refractivity contribution in [2.75, 3.05) is 6.61 Å². The molecule has 170 valence electrons. The van der Waals surface area contributed by atoms with Crippen LogP contribution in [0.5, 0.6) is 0 Å². The van der Waals surface area contributed by atoms with Crippen LogP contribution in [0.15, 0.2) is 53.3 Å². The lowest BCUT2D eigenvalue weighted by Gasteiger charge is -2.15. The van der Waals surface area contributed by atoms with Gasteiger partial charge in [0.05, 0.1) is 23.9 Å². The van der Waals surface area contributed by atoms with Gasteiger partial charge < -0.3 is 4.74 Å². The zero-order chi connectivity index (χ0) is 23.8. The molecule has 6 nitrogen and oxygen atoms in total. The number of aryl methyl sites for hydroxylation is 2. The Hall–Kier alpha value is -3.72. The predicted octanol–water partition coefficient (Wildman–Crippen LogP) is 4.59. The summed E-state index contributed by atoms with van der Waals surface area (Å²) in [5.74, 6) is 0.0378. The summed E-state index contributed by atoms with van der Waals surface area (Å²) in [6.45, 7) is 5.66. The van der Waals surface area contributed by atoms with Crippen LogP contribution in [0.1, 0.15) is 54.9 Å². The predicted molar refractivity (Wildman–Crippen MR) is 128 cm³/mol. The number of carbonyl (C=O) groups is 1. The van der Waals surface area contributed by atoms with Crippen LogP contribution in [-0.2, 0) is 28.9 Å². The van der Waals surface area contributed by atoms with Crippen LogP contribution in [0.4, 0.5) is 0 Å². The van der Waals surface area contributed by atoms with Gasteiger partial charge >= 0.3 is 5.97 Å². The Bertz CT molecular complexity index is 1220. The van der Waals surface area contributed by atoms with Gasteiger partial charge in [-0.1, -0.05) is 55.8 Å². The zero-order valence-corrected chi connectivity index (χ0v) is 19.4. The van der Waals surface area contributed by atoms with Crippen molar-refractivity contribution < 1.29 is 9.53 Å². The van der Waals surface area contributed by atoms with Gasteiger partial charge in [0, 0.05) is 12.0 Å². The number of nitrogens with zero attached hydrogens (tertiary/aromatic N) is 3. The van der Waals surface area contributed by atoms with Crippen LogP contribution >= 0.6 is 0 Å². The largest absolute Gasteiger partial charge is 0.465 e. The van der Waals surface area contributed by atoms with E-state index in [1.807, 2.05) is 48.5 Å². The van der Waals surface area contributed by atoms with Gasteiger partial charge in [0.15, 0.2) is 0 Å². The second-order valence-corrected chi connectivity index (χ2v) is 7.92. The molecule has 2 aromatic carbocycles. The molecule has 0 N–H and O–H groups in total. The highest BCUT2D eigenvalue weighted by Crippen LogP contribution is 2.25. The second-order valence-electron chi connectivity index (χ2n) is 7.92. The fourth-order valence-corrected chi connectivity index (χ4v) is 3.87. The second kappa shape index (κ2) is 11.2. The first-order valence-corrected chi connectivity index (χ1v) is 11.3. The number of unbranched alkanes of at least 4 members (excludes halogenated alkanes) is 1. The van der Waals surface area contributed by atoms with Gasteiger partial charge in [-0.3, -0.25) is 14.2 Å². The molecule has 0 radical (unpaired) electrons. The molecule has 0 amide bonds. The first-order chi connectivity index (χ1) is 16.0. The Morgan fingerprint density at radius 2 is 1.91 bits per heavy atom. The van der Waals surface area contributed by atoms with E-state index in [4.69, 9.17) is 4.74 Å². The number of nitriles is 1. The summed E-state index contributed by atoms with van der Waals surface area (Å²) < 4.78 is 6.41. The average Bonchev–Trinajstić information content (AvgIpc) is 2.83. The summed E-state index contributed by atoms with van der Waals surface area (Å²) in [6, 6.07) is 17.7. The van der Waals surface area contributed by atoms with Crippen molar-refractivity contribution in [2.45, 2.75) is 53.0 Å². The van der Waals surface area contributed by atoms with Crippen molar-refractivity contribution in [3.05, 3.63) is 87.1 Å². The van der Waals surface area contributed by atoms with E-state index in [-0.39, 0.29) is 18.7 Å². The summed E-state index contributed by atoms with van der Waals surface area (Å²) in [7, 11) is 0. The number of esters is 1. The fourth-order valence-electron chi connectivity index (χ4n) is 3.87. The number of rotatable bonds is 9. The highest BCUT2D eigenvalue weighted by atomic mass is 16.5. The molecule has 0 bridgehead atoms. The highest BCUT2D eigenvalue weighted by molar-refractivity contribution is 5.71. The summed E-state index contributed by atoms with van der Waals surface area (Å²) >= 11 is 0. The SMILES string of the molecule is CCCCc1nc(C)n(CC(=O)OCC)c(=O)c1Cc1ccc(-c2ccccc2)c(C#N)c1. The van der Waals surface area contributed by atoms with E-state index < -0.39 is 5.97 Å². The molecule has 6 heteroatoms. The average molecular weight is 444 g/mol. The Labute approximate surface area is 194 Å². The van der Waals surface area contributed by atoms with E-state index in [0.29, 0.717) is 29.8 Å². The summed E-state index contributed by atoms with van der Waals surface area (Å²) in [6.07, 6.45) is 2.93. The maximum atomic E-state index is 13.4. The van der Waals surface area contributed by atoms with Crippen molar-refractivity contribution in [1.82, 2.24) is 9.55 Å². The third kappa shape index (κ3) is 5.75. The van der Waals surface area contributed by atoms with Gasteiger partial charge in [0.2, 0.25) is 0 Å². The minimum Gasteiger partial charge on any atom is -0.465 e. The molecule has 0 aliphatic heterocycles. The van der Waals surface area contributed by atoms with Gasteiger partial charge in [-0.05, 0) is 49.4 Å². The molecular weight excluding hydrogens is 414 g/mol. The molecule has 0 saturated carbocycles. The van der Waals surface area contributed by atoms with E-state index in [1.165, 1.54) is 4.57 Å². The Balaban J connectivity index is 2.03. The van der Waals surface area contributed by atoms with Crippen molar-refractivity contribution in [3.63, 3.8) is 0 Å². The molecule has 1 aromatic heterocycles.